The summed E-state index contributed by atoms with van der Waals surface area (Å²) in [5.74, 6) is -0.489. The van der Waals surface area contributed by atoms with Gasteiger partial charge in [-0.2, -0.15) is 10.4 Å². The van der Waals surface area contributed by atoms with Crippen molar-refractivity contribution in [2.24, 2.45) is 0 Å². The van der Waals surface area contributed by atoms with E-state index < -0.39 is 5.82 Å². The fourth-order valence-corrected chi connectivity index (χ4v) is 2.70. The number of nitrogens with zero attached hydrogens (tertiary/aromatic N) is 2. The molecule has 4 rings (SSSR count). The molecule has 0 unspecified atom stereocenters. The fourth-order valence-electron chi connectivity index (χ4n) is 2.70. The van der Waals surface area contributed by atoms with Gasteiger partial charge >= 0.3 is 0 Å². The molecule has 22 heavy (non-hydrogen) atoms. The quantitative estimate of drug-likeness (QED) is 0.564. The highest BCUT2D eigenvalue weighted by molar-refractivity contribution is 5.96. The lowest BCUT2D eigenvalue weighted by atomic mass is 10.0. The number of aromatic nitrogens is 2. The van der Waals surface area contributed by atoms with E-state index in [9.17, 15) is 4.39 Å². The van der Waals surface area contributed by atoms with Crippen LogP contribution >= 0.6 is 0 Å². The van der Waals surface area contributed by atoms with Gasteiger partial charge in [-0.05, 0) is 29.0 Å². The van der Waals surface area contributed by atoms with E-state index in [1.807, 2.05) is 48.5 Å². The third-order valence-corrected chi connectivity index (χ3v) is 3.78. The number of H-pyrrole nitrogens is 1. The summed E-state index contributed by atoms with van der Waals surface area (Å²) in [4.78, 5) is 0. The van der Waals surface area contributed by atoms with Crippen LogP contribution in [0.2, 0.25) is 0 Å². The van der Waals surface area contributed by atoms with Crippen LogP contribution in [0.5, 0.6) is 0 Å². The van der Waals surface area contributed by atoms with Crippen LogP contribution in [0.3, 0.4) is 0 Å². The lowest BCUT2D eigenvalue weighted by molar-refractivity contribution is 0.636. The van der Waals surface area contributed by atoms with Crippen LogP contribution in [0.4, 0.5) is 4.39 Å². The first kappa shape index (κ1) is 12.5. The molecule has 0 aliphatic heterocycles. The summed E-state index contributed by atoms with van der Waals surface area (Å²) in [6.45, 7) is 0. The molecule has 1 aromatic heterocycles. The van der Waals surface area contributed by atoms with Gasteiger partial charge < -0.3 is 0 Å². The van der Waals surface area contributed by atoms with Crippen molar-refractivity contribution >= 4 is 21.7 Å². The minimum absolute atomic E-state index is 0.252. The maximum Gasteiger partial charge on any atom is 0.152 e. The number of hydrogen-bond donors (Lipinski definition) is 1. The molecule has 0 aliphatic carbocycles. The Balaban J connectivity index is 2.00. The van der Waals surface area contributed by atoms with E-state index in [0.29, 0.717) is 5.39 Å². The zero-order valence-electron chi connectivity index (χ0n) is 11.5. The van der Waals surface area contributed by atoms with E-state index in [-0.39, 0.29) is 11.1 Å². The minimum Gasteiger partial charge on any atom is -0.277 e. The topological polar surface area (TPSA) is 52.5 Å². The number of fused-ring (bicyclic) bond motifs is 2. The minimum atomic E-state index is -0.489. The van der Waals surface area contributed by atoms with Crippen LogP contribution in [0.1, 0.15) is 5.56 Å². The molecule has 3 aromatic carbocycles. The number of halogens is 1. The molecule has 0 atom stereocenters. The maximum absolute atomic E-state index is 14.0. The maximum atomic E-state index is 14.0. The molecule has 0 saturated heterocycles. The van der Waals surface area contributed by atoms with E-state index in [1.165, 1.54) is 6.07 Å². The number of hydrogen-bond acceptors (Lipinski definition) is 2. The third kappa shape index (κ3) is 1.84. The van der Waals surface area contributed by atoms with Gasteiger partial charge in [-0.1, -0.05) is 36.4 Å². The van der Waals surface area contributed by atoms with Gasteiger partial charge in [-0.15, -0.1) is 0 Å². The van der Waals surface area contributed by atoms with Crippen molar-refractivity contribution in [3.63, 3.8) is 0 Å². The zero-order valence-corrected chi connectivity index (χ0v) is 11.5. The molecule has 104 valence electrons. The summed E-state index contributed by atoms with van der Waals surface area (Å²) in [5.41, 5.74) is 2.17. The van der Waals surface area contributed by atoms with Gasteiger partial charge in [0, 0.05) is 10.9 Å². The van der Waals surface area contributed by atoms with Crippen LogP contribution in [-0.4, -0.2) is 10.2 Å². The number of nitriles is 1. The molecule has 0 spiro atoms. The fraction of sp³-hybridized carbons (Fsp3) is 0. The van der Waals surface area contributed by atoms with E-state index in [4.69, 9.17) is 5.26 Å². The monoisotopic (exact) mass is 287 g/mol. The van der Waals surface area contributed by atoms with E-state index in [2.05, 4.69) is 10.2 Å². The normalized spacial score (nSPS) is 10.9. The van der Waals surface area contributed by atoms with Gasteiger partial charge in [0.15, 0.2) is 5.82 Å². The van der Waals surface area contributed by atoms with Crippen molar-refractivity contribution in [3.05, 3.63) is 66.0 Å². The number of aromatic amines is 1. The molecule has 4 aromatic rings. The predicted octanol–water partition coefficient (Wildman–Crippen LogP) is 4.39. The molecule has 0 aliphatic rings. The van der Waals surface area contributed by atoms with Crippen molar-refractivity contribution in [1.29, 1.82) is 5.26 Å². The van der Waals surface area contributed by atoms with Crippen molar-refractivity contribution in [2.45, 2.75) is 0 Å². The van der Waals surface area contributed by atoms with Crippen molar-refractivity contribution in [1.82, 2.24) is 10.2 Å². The molecular weight excluding hydrogens is 277 g/mol. The molecule has 0 amide bonds. The van der Waals surface area contributed by atoms with Crippen LogP contribution in [0.15, 0.2) is 54.6 Å². The predicted molar refractivity (Wildman–Crippen MR) is 83.7 cm³/mol. The summed E-state index contributed by atoms with van der Waals surface area (Å²) in [6, 6.07) is 18.9. The molecule has 4 heteroatoms. The van der Waals surface area contributed by atoms with Crippen molar-refractivity contribution < 1.29 is 4.39 Å². The highest BCUT2D eigenvalue weighted by atomic mass is 19.1. The van der Waals surface area contributed by atoms with Gasteiger partial charge in [0.25, 0.3) is 0 Å². The molecule has 0 fully saturated rings. The Hall–Kier alpha value is -3.19. The van der Waals surface area contributed by atoms with Crippen molar-refractivity contribution in [2.75, 3.05) is 0 Å². The Morgan fingerprint density at radius 3 is 2.64 bits per heavy atom. The van der Waals surface area contributed by atoms with Gasteiger partial charge in [-0.3, -0.25) is 5.10 Å². The lowest BCUT2D eigenvalue weighted by Gasteiger charge is -2.03. The standard InChI is InChI=1S/C18H10FN3/c19-16-8-11(10-20)7-15-17(21-22-18(15)16)14-6-5-12-3-1-2-4-13(12)9-14/h1-9H,(H,21,22). The van der Waals surface area contributed by atoms with Crippen LogP contribution in [0, 0.1) is 17.1 Å². The van der Waals surface area contributed by atoms with Crippen LogP contribution in [-0.2, 0) is 0 Å². The third-order valence-electron chi connectivity index (χ3n) is 3.78. The average molecular weight is 287 g/mol. The lowest BCUT2D eigenvalue weighted by Crippen LogP contribution is -1.83. The second kappa shape index (κ2) is 4.68. The zero-order chi connectivity index (χ0) is 15.1. The highest BCUT2D eigenvalue weighted by Crippen LogP contribution is 2.30. The molecule has 0 radical (unpaired) electrons. The molecule has 0 bridgehead atoms. The molecule has 0 saturated carbocycles. The Kier molecular flexibility index (Phi) is 2.67. The van der Waals surface area contributed by atoms with Gasteiger partial charge in [0.05, 0.1) is 17.3 Å². The van der Waals surface area contributed by atoms with E-state index in [1.54, 1.807) is 6.07 Å². The Bertz CT molecular complexity index is 1060. The van der Waals surface area contributed by atoms with Gasteiger partial charge in [-0.25, -0.2) is 4.39 Å². The number of rotatable bonds is 1. The second-order valence-electron chi connectivity index (χ2n) is 5.13. The Morgan fingerprint density at radius 2 is 1.82 bits per heavy atom. The number of benzene rings is 3. The summed E-state index contributed by atoms with van der Waals surface area (Å²) in [5, 5.41) is 18.8. The summed E-state index contributed by atoms with van der Waals surface area (Å²) >= 11 is 0. The van der Waals surface area contributed by atoms with Gasteiger partial charge in [0.1, 0.15) is 5.52 Å². The van der Waals surface area contributed by atoms with E-state index >= 15 is 0 Å². The first-order chi connectivity index (χ1) is 10.8. The summed E-state index contributed by atoms with van der Waals surface area (Å²) < 4.78 is 14.0. The van der Waals surface area contributed by atoms with Gasteiger partial charge in [0.2, 0.25) is 0 Å². The number of nitrogens with one attached hydrogen (secondary N) is 1. The van der Waals surface area contributed by atoms with E-state index in [0.717, 1.165) is 22.0 Å². The molecule has 1 N–H and O–H groups in total. The second-order valence-corrected chi connectivity index (χ2v) is 5.13. The first-order valence-corrected chi connectivity index (χ1v) is 6.83. The molecular formula is C18H10FN3. The largest absolute Gasteiger partial charge is 0.277 e. The molecule has 1 heterocycles. The average Bonchev–Trinajstić information content (AvgIpc) is 2.98. The first-order valence-electron chi connectivity index (χ1n) is 6.83. The van der Waals surface area contributed by atoms with Crippen LogP contribution < -0.4 is 0 Å². The van der Waals surface area contributed by atoms with Crippen LogP contribution in [0.25, 0.3) is 32.9 Å². The highest BCUT2D eigenvalue weighted by Gasteiger charge is 2.13. The Morgan fingerprint density at radius 1 is 1.00 bits per heavy atom. The van der Waals surface area contributed by atoms with Crippen molar-refractivity contribution in [3.8, 4) is 17.3 Å². The summed E-state index contributed by atoms with van der Waals surface area (Å²) in [7, 11) is 0. The molecule has 3 nitrogen and oxygen atoms in total. The Labute approximate surface area is 125 Å². The smallest absolute Gasteiger partial charge is 0.152 e. The SMILES string of the molecule is N#Cc1cc(F)c2n[nH]c(-c3ccc4ccccc4c3)c2c1. The summed E-state index contributed by atoms with van der Waals surface area (Å²) in [6.07, 6.45) is 0.